The van der Waals surface area contributed by atoms with Gasteiger partial charge in [0.1, 0.15) is 6.20 Å². The van der Waals surface area contributed by atoms with Crippen molar-refractivity contribution in [2.45, 2.75) is 18.9 Å². The lowest BCUT2D eigenvalue weighted by Gasteiger charge is -2.24. The minimum atomic E-state index is -0.372. The summed E-state index contributed by atoms with van der Waals surface area (Å²) in [6, 6.07) is 0.534. The van der Waals surface area contributed by atoms with Crippen LogP contribution in [0, 0.1) is 16.0 Å². The molecule has 2 fully saturated rings. The second-order valence-electron chi connectivity index (χ2n) is 4.61. The van der Waals surface area contributed by atoms with E-state index in [0.29, 0.717) is 12.0 Å². The van der Waals surface area contributed by atoms with Gasteiger partial charge in [-0.15, -0.1) is 0 Å². The Labute approximate surface area is 103 Å². The van der Waals surface area contributed by atoms with E-state index in [0.717, 1.165) is 24.8 Å². The first kappa shape index (κ1) is 10.9. The Balaban J connectivity index is 1.74. The molecule has 2 saturated heterocycles. The molecule has 17 heavy (non-hydrogen) atoms. The molecular weight excluding hydrogens is 240 g/mol. The number of hydrogen-bond acceptors (Lipinski definition) is 6. The van der Waals surface area contributed by atoms with Crippen molar-refractivity contribution in [1.82, 2.24) is 10.3 Å². The molecule has 0 radical (unpaired) electrons. The third kappa shape index (κ3) is 2.00. The highest BCUT2D eigenvalue weighted by molar-refractivity contribution is 7.18. The standard InChI is InChI=1S/C10H14N4O2S/c15-14(16)9-4-12-10(17-9)13-5-7-2-1-3-11-8(7)6-13/h4,7-8,11H,1-3,5-6H2/t7-,8+/m0/s1. The number of thiazole rings is 1. The smallest absolute Gasteiger partial charge is 0.345 e. The van der Waals surface area contributed by atoms with Crippen LogP contribution in [0.2, 0.25) is 0 Å². The third-order valence-electron chi connectivity index (χ3n) is 3.53. The summed E-state index contributed by atoms with van der Waals surface area (Å²) < 4.78 is 0. The van der Waals surface area contributed by atoms with Crippen LogP contribution in [0.5, 0.6) is 0 Å². The highest BCUT2D eigenvalue weighted by Gasteiger charge is 2.35. The van der Waals surface area contributed by atoms with Crippen molar-refractivity contribution < 1.29 is 4.92 Å². The molecule has 2 aliphatic rings. The van der Waals surface area contributed by atoms with Crippen LogP contribution in [0.15, 0.2) is 6.20 Å². The lowest BCUT2D eigenvalue weighted by molar-refractivity contribution is -0.380. The van der Waals surface area contributed by atoms with E-state index in [1.807, 2.05) is 0 Å². The summed E-state index contributed by atoms with van der Waals surface area (Å²) >= 11 is 1.17. The highest BCUT2D eigenvalue weighted by Crippen LogP contribution is 2.33. The van der Waals surface area contributed by atoms with Crippen LogP contribution >= 0.6 is 11.3 Å². The maximum Gasteiger partial charge on any atom is 0.345 e. The average Bonchev–Trinajstić information content (AvgIpc) is 2.95. The van der Waals surface area contributed by atoms with Gasteiger partial charge in [-0.1, -0.05) is 0 Å². The number of nitrogens with one attached hydrogen (secondary N) is 1. The zero-order valence-corrected chi connectivity index (χ0v) is 10.2. The molecule has 3 heterocycles. The Morgan fingerprint density at radius 3 is 3.18 bits per heavy atom. The first-order chi connectivity index (χ1) is 8.24. The van der Waals surface area contributed by atoms with Gasteiger partial charge in [0.25, 0.3) is 0 Å². The van der Waals surface area contributed by atoms with Crippen LogP contribution in [0.4, 0.5) is 10.1 Å². The quantitative estimate of drug-likeness (QED) is 0.635. The van der Waals surface area contributed by atoms with Gasteiger partial charge in [-0.3, -0.25) is 10.1 Å². The summed E-state index contributed by atoms with van der Waals surface area (Å²) in [5.74, 6) is 0.673. The minimum absolute atomic E-state index is 0.128. The number of hydrogen-bond donors (Lipinski definition) is 1. The van der Waals surface area contributed by atoms with Crippen molar-refractivity contribution in [3.63, 3.8) is 0 Å². The second kappa shape index (κ2) is 4.23. The summed E-state index contributed by atoms with van der Waals surface area (Å²) in [5.41, 5.74) is 0. The monoisotopic (exact) mass is 254 g/mol. The number of piperidine rings is 1. The SMILES string of the molecule is O=[N+]([O-])c1cnc(N2C[C@@H]3CCCN[C@@H]3C2)s1. The molecule has 1 N–H and O–H groups in total. The molecule has 0 saturated carbocycles. The number of rotatable bonds is 2. The van der Waals surface area contributed by atoms with Gasteiger partial charge in [-0.05, 0) is 36.6 Å². The third-order valence-corrected chi connectivity index (χ3v) is 4.54. The van der Waals surface area contributed by atoms with Crippen molar-refractivity contribution in [3.05, 3.63) is 16.3 Å². The molecule has 1 aromatic heterocycles. The molecule has 0 bridgehead atoms. The predicted molar refractivity (Wildman–Crippen MR) is 65.5 cm³/mol. The summed E-state index contributed by atoms with van der Waals surface area (Å²) in [5, 5.41) is 15.0. The van der Waals surface area contributed by atoms with Crippen LogP contribution in [-0.4, -0.2) is 35.6 Å². The summed E-state index contributed by atoms with van der Waals surface area (Å²) in [7, 11) is 0. The zero-order valence-electron chi connectivity index (χ0n) is 9.33. The largest absolute Gasteiger partial charge is 0.346 e. The van der Waals surface area contributed by atoms with Crippen LogP contribution < -0.4 is 10.2 Å². The van der Waals surface area contributed by atoms with Gasteiger partial charge in [0.15, 0.2) is 5.13 Å². The van der Waals surface area contributed by atoms with Gasteiger partial charge < -0.3 is 10.2 Å². The van der Waals surface area contributed by atoms with E-state index >= 15 is 0 Å². The number of nitrogens with zero attached hydrogens (tertiary/aromatic N) is 3. The van der Waals surface area contributed by atoms with Crippen molar-refractivity contribution in [3.8, 4) is 0 Å². The van der Waals surface area contributed by atoms with E-state index in [9.17, 15) is 10.1 Å². The maximum atomic E-state index is 10.6. The predicted octanol–water partition coefficient (Wildman–Crippen LogP) is 1.24. The Hall–Kier alpha value is -1.21. The van der Waals surface area contributed by atoms with Gasteiger partial charge in [-0.2, -0.15) is 0 Å². The highest BCUT2D eigenvalue weighted by atomic mass is 32.1. The van der Waals surface area contributed by atoms with E-state index in [1.54, 1.807) is 0 Å². The first-order valence-corrected chi connectivity index (χ1v) is 6.64. The average molecular weight is 254 g/mol. The van der Waals surface area contributed by atoms with Gasteiger partial charge in [0.05, 0.1) is 4.92 Å². The number of aromatic nitrogens is 1. The van der Waals surface area contributed by atoms with Gasteiger partial charge in [0.2, 0.25) is 0 Å². The van der Waals surface area contributed by atoms with Crippen LogP contribution in [0.25, 0.3) is 0 Å². The van der Waals surface area contributed by atoms with Crippen molar-refractivity contribution in [1.29, 1.82) is 0 Å². The second-order valence-corrected chi connectivity index (χ2v) is 5.59. The molecule has 0 spiro atoms. The van der Waals surface area contributed by atoms with E-state index < -0.39 is 0 Å². The Kier molecular flexibility index (Phi) is 2.71. The molecule has 6 nitrogen and oxygen atoms in total. The van der Waals surface area contributed by atoms with E-state index in [2.05, 4.69) is 15.2 Å². The summed E-state index contributed by atoms with van der Waals surface area (Å²) in [6.45, 7) is 2.99. The molecule has 0 amide bonds. The fourth-order valence-electron chi connectivity index (χ4n) is 2.69. The lowest BCUT2D eigenvalue weighted by Crippen LogP contribution is -2.40. The lowest BCUT2D eigenvalue weighted by atomic mass is 9.94. The molecular formula is C10H14N4O2S. The minimum Gasteiger partial charge on any atom is -0.346 e. The molecule has 2 aliphatic heterocycles. The first-order valence-electron chi connectivity index (χ1n) is 5.82. The molecule has 3 rings (SSSR count). The van der Waals surface area contributed by atoms with Crippen LogP contribution in [0.1, 0.15) is 12.8 Å². The Morgan fingerprint density at radius 2 is 2.47 bits per heavy atom. The molecule has 7 heteroatoms. The van der Waals surface area contributed by atoms with Gasteiger partial charge >= 0.3 is 5.00 Å². The van der Waals surface area contributed by atoms with Crippen molar-refractivity contribution in [2.75, 3.05) is 24.5 Å². The van der Waals surface area contributed by atoms with Crippen LogP contribution in [-0.2, 0) is 0 Å². The maximum absolute atomic E-state index is 10.6. The van der Waals surface area contributed by atoms with E-state index in [-0.39, 0.29) is 9.92 Å². The fourth-order valence-corrected chi connectivity index (χ4v) is 3.44. The molecule has 1 aromatic rings. The molecule has 0 aromatic carbocycles. The Morgan fingerprint density at radius 1 is 1.59 bits per heavy atom. The van der Waals surface area contributed by atoms with Crippen molar-refractivity contribution in [2.24, 2.45) is 5.92 Å². The van der Waals surface area contributed by atoms with E-state index in [1.165, 1.54) is 30.4 Å². The van der Waals surface area contributed by atoms with E-state index in [4.69, 9.17) is 0 Å². The number of nitro groups is 1. The molecule has 2 atom stereocenters. The zero-order chi connectivity index (χ0) is 11.8. The molecule has 92 valence electrons. The fraction of sp³-hybridized carbons (Fsp3) is 0.700. The van der Waals surface area contributed by atoms with Gasteiger partial charge in [-0.25, -0.2) is 4.98 Å². The van der Waals surface area contributed by atoms with Crippen LogP contribution in [0.3, 0.4) is 0 Å². The summed E-state index contributed by atoms with van der Waals surface area (Å²) in [6.07, 6.45) is 3.84. The summed E-state index contributed by atoms with van der Waals surface area (Å²) in [4.78, 5) is 16.6. The molecule has 0 unspecified atom stereocenters. The van der Waals surface area contributed by atoms with Crippen molar-refractivity contribution >= 4 is 21.5 Å². The number of anilines is 1. The van der Waals surface area contributed by atoms with Gasteiger partial charge in [0, 0.05) is 19.1 Å². The normalized spacial score (nSPS) is 28.1. The number of fused-ring (bicyclic) bond motifs is 1. The topological polar surface area (TPSA) is 71.3 Å². The molecule has 0 aliphatic carbocycles. The Bertz CT molecular complexity index is 422.